The van der Waals surface area contributed by atoms with Crippen molar-refractivity contribution in [3.8, 4) is 5.75 Å². The number of hydrogen-bond acceptors (Lipinski definition) is 4. The lowest BCUT2D eigenvalue weighted by Gasteiger charge is -2.26. The topological polar surface area (TPSA) is 59.8 Å². The Balaban J connectivity index is 1.77. The average molecular weight is 415 g/mol. The number of halogens is 1. The lowest BCUT2D eigenvalue weighted by atomic mass is 9.97. The molecule has 0 spiro atoms. The van der Waals surface area contributed by atoms with Crippen LogP contribution in [-0.4, -0.2) is 17.9 Å². The zero-order valence-electron chi connectivity index (χ0n) is 16.7. The van der Waals surface area contributed by atoms with Crippen molar-refractivity contribution in [2.75, 3.05) is 7.11 Å². The quantitative estimate of drug-likeness (QED) is 0.485. The molecule has 2 heterocycles. The van der Waals surface area contributed by atoms with E-state index in [-0.39, 0.29) is 28.8 Å². The van der Waals surface area contributed by atoms with E-state index in [1.54, 1.807) is 11.0 Å². The molecule has 6 heteroatoms. The van der Waals surface area contributed by atoms with Crippen LogP contribution in [0.1, 0.15) is 33.3 Å². The molecule has 4 aromatic rings. The van der Waals surface area contributed by atoms with Crippen LogP contribution in [0.2, 0.25) is 0 Å². The van der Waals surface area contributed by atoms with Crippen molar-refractivity contribution in [2.24, 2.45) is 0 Å². The van der Waals surface area contributed by atoms with E-state index < -0.39 is 23.2 Å². The molecule has 1 aliphatic rings. The molecule has 0 saturated heterocycles. The Kier molecular flexibility index (Phi) is 4.55. The zero-order valence-corrected chi connectivity index (χ0v) is 16.7. The fourth-order valence-corrected chi connectivity index (χ4v) is 4.15. The molecule has 0 radical (unpaired) electrons. The summed E-state index contributed by atoms with van der Waals surface area (Å²) in [5, 5.41) is 0.105. The van der Waals surface area contributed by atoms with Gasteiger partial charge in [-0.05, 0) is 29.8 Å². The third kappa shape index (κ3) is 3.08. The monoisotopic (exact) mass is 415 g/mol. The van der Waals surface area contributed by atoms with Crippen molar-refractivity contribution in [1.29, 1.82) is 0 Å². The molecule has 5 rings (SSSR count). The van der Waals surface area contributed by atoms with Crippen LogP contribution in [0, 0.1) is 5.82 Å². The van der Waals surface area contributed by atoms with Crippen LogP contribution >= 0.6 is 0 Å². The number of ether oxygens (including phenoxy) is 1. The SMILES string of the molecule is COc1ccccc1C1c2c(oc3ccc(F)cc3c2=O)C(=O)N1Cc1ccccc1. The highest BCUT2D eigenvalue weighted by atomic mass is 19.1. The van der Waals surface area contributed by atoms with Gasteiger partial charge in [0, 0.05) is 12.1 Å². The Morgan fingerprint density at radius 2 is 1.74 bits per heavy atom. The number of hydrogen-bond donors (Lipinski definition) is 0. The van der Waals surface area contributed by atoms with Crippen molar-refractivity contribution in [2.45, 2.75) is 12.6 Å². The Hall–Kier alpha value is -3.93. The van der Waals surface area contributed by atoms with Gasteiger partial charge in [0.1, 0.15) is 17.1 Å². The van der Waals surface area contributed by atoms with Gasteiger partial charge in [0.25, 0.3) is 5.91 Å². The number of carbonyl (C=O) groups is 1. The number of fused-ring (bicyclic) bond motifs is 2. The Labute approximate surface area is 177 Å². The third-order valence-corrected chi connectivity index (χ3v) is 5.56. The minimum atomic E-state index is -0.720. The molecule has 0 bridgehead atoms. The molecule has 0 N–H and O–H groups in total. The van der Waals surface area contributed by atoms with E-state index in [4.69, 9.17) is 9.15 Å². The van der Waals surface area contributed by atoms with Gasteiger partial charge in [-0.1, -0.05) is 48.5 Å². The maximum Gasteiger partial charge on any atom is 0.291 e. The van der Waals surface area contributed by atoms with Crippen LogP contribution in [0.25, 0.3) is 11.0 Å². The fourth-order valence-electron chi connectivity index (χ4n) is 4.15. The molecule has 1 unspecified atom stereocenters. The highest BCUT2D eigenvalue weighted by Gasteiger charge is 2.43. The molecule has 1 atom stereocenters. The van der Waals surface area contributed by atoms with Gasteiger partial charge in [-0.25, -0.2) is 4.39 Å². The highest BCUT2D eigenvalue weighted by molar-refractivity contribution is 5.99. The van der Waals surface area contributed by atoms with Crippen LogP contribution in [0.4, 0.5) is 4.39 Å². The molecular formula is C25H18FNO4. The van der Waals surface area contributed by atoms with Crippen molar-refractivity contribution in [3.63, 3.8) is 0 Å². The number of carbonyl (C=O) groups excluding carboxylic acids is 1. The largest absolute Gasteiger partial charge is 0.496 e. The molecule has 5 nitrogen and oxygen atoms in total. The number of para-hydroxylation sites is 1. The smallest absolute Gasteiger partial charge is 0.291 e. The van der Waals surface area contributed by atoms with Gasteiger partial charge < -0.3 is 14.1 Å². The minimum Gasteiger partial charge on any atom is -0.496 e. The van der Waals surface area contributed by atoms with E-state index in [2.05, 4.69) is 0 Å². The summed E-state index contributed by atoms with van der Waals surface area (Å²) < 4.78 is 25.2. The predicted molar refractivity (Wildman–Crippen MR) is 114 cm³/mol. The van der Waals surface area contributed by atoms with Crippen LogP contribution in [-0.2, 0) is 6.54 Å². The molecule has 0 aliphatic carbocycles. The number of methoxy groups -OCH3 is 1. The van der Waals surface area contributed by atoms with Gasteiger partial charge in [-0.15, -0.1) is 0 Å². The van der Waals surface area contributed by atoms with E-state index >= 15 is 0 Å². The summed E-state index contributed by atoms with van der Waals surface area (Å²) in [6.07, 6.45) is 0. The Bertz CT molecular complexity index is 1360. The van der Waals surface area contributed by atoms with Crippen LogP contribution in [0.3, 0.4) is 0 Å². The number of rotatable bonds is 4. The van der Waals surface area contributed by atoms with Gasteiger partial charge in [0.15, 0.2) is 5.43 Å². The molecule has 3 aromatic carbocycles. The second-order valence-corrected chi connectivity index (χ2v) is 7.38. The molecule has 31 heavy (non-hydrogen) atoms. The van der Waals surface area contributed by atoms with Gasteiger partial charge >= 0.3 is 0 Å². The molecule has 0 saturated carbocycles. The molecule has 154 valence electrons. The van der Waals surface area contributed by atoms with Crippen molar-refractivity contribution < 1.29 is 18.3 Å². The molecular weight excluding hydrogens is 397 g/mol. The van der Waals surface area contributed by atoms with Gasteiger partial charge in [-0.3, -0.25) is 9.59 Å². The summed E-state index contributed by atoms with van der Waals surface area (Å²) in [5.74, 6) is -0.405. The lowest BCUT2D eigenvalue weighted by Crippen LogP contribution is -2.29. The van der Waals surface area contributed by atoms with Crippen molar-refractivity contribution >= 4 is 16.9 Å². The first-order chi connectivity index (χ1) is 15.1. The van der Waals surface area contributed by atoms with Gasteiger partial charge in [0.05, 0.1) is 24.1 Å². The lowest BCUT2D eigenvalue weighted by molar-refractivity contribution is 0.0713. The summed E-state index contributed by atoms with van der Waals surface area (Å²) in [6.45, 7) is 0.275. The normalized spacial score (nSPS) is 15.4. The van der Waals surface area contributed by atoms with Crippen LogP contribution < -0.4 is 10.2 Å². The van der Waals surface area contributed by atoms with Gasteiger partial charge in [-0.2, -0.15) is 0 Å². The molecule has 1 aromatic heterocycles. The Morgan fingerprint density at radius 1 is 1.00 bits per heavy atom. The van der Waals surface area contributed by atoms with E-state index in [1.807, 2.05) is 48.5 Å². The molecule has 0 fully saturated rings. The van der Waals surface area contributed by atoms with E-state index in [1.165, 1.54) is 19.2 Å². The van der Waals surface area contributed by atoms with E-state index in [0.29, 0.717) is 11.3 Å². The van der Waals surface area contributed by atoms with Crippen LogP contribution in [0.15, 0.2) is 82.0 Å². The Morgan fingerprint density at radius 3 is 2.52 bits per heavy atom. The van der Waals surface area contributed by atoms with Crippen molar-refractivity contribution in [3.05, 3.63) is 111 Å². The first-order valence-electron chi connectivity index (χ1n) is 9.82. The average Bonchev–Trinajstić information content (AvgIpc) is 3.07. The van der Waals surface area contributed by atoms with Gasteiger partial charge in [0.2, 0.25) is 5.76 Å². The second kappa shape index (κ2) is 7.40. The number of amides is 1. The standard InChI is InChI=1S/C25H18FNO4/c1-30-19-10-6-5-9-17(19)22-21-23(28)18-13-16(26)11-12-20(18)31-24(21)25(29)27(22)14-15-7-3-2-4-8-15/h2-13,22H,14H2,1H3. The molecule has 1 aliphatic heterocycles. The predicted octanol–water partition coefficient (Wildman–Crippen LogP) is 4.69. The van der Waals surface area contributed by atoms with E-state index in [9.17, 15) is 14.0 Å². The maximum atomic E-state index is 13.9. The summed E-state index contributed by atoms with van der Waals surface area (Å²) in [5.41, 5.74) is 1.53. The maximum absolute atomic E-state index is 13.9. The highest BCUT2D eigenvalue weighted by Crippen LogP contribution is 2.42. The first-order valence-corrected chi connectivity index (χ1v) is 9.82. The second-order valence-electron chi connectivity index (χ2n) is 7.38. The third-order valence-electron chi connectivity index (χ3n) is 5.56. The van der Waals surface area contributed by atoms with Crippen molar-refractivity contribution in [1.82, 2.24) is 4.90 Å². The van der Waals surface area contributed by atoms with E-state index in [0.717, 1.165) is 11.6 Å². The zero-order chi connectivity index (χ0) is 21.5. The summed E-state index contributed by atoms with van der Waals surface area (Å²) in [4.78, 5) is 28.5. The summed E-state index contributed by atoms with van der Waals surface area (Å²) >= 11 is 0. The summed E-state index contributed by atoms with van der Waals surface area (Å²) in [7, 11) is 1.54. The minimum absolute atomic E-state index is 0.0176. The number of nitrogens with zero attached hydrogens (tertiary/aromatic N) is 1. The summed E-state index contributed by atoms with van der Waals surface area (Å²) in [6, 6.07) is 19.7. The fraction of sp³-hybridized carbons (Fsp3) is 0.120. The van der Waals surface area contributed by atoms with Crippen LogP contribution in [0.5, 0.6) is 5.75 Å². The first kappa shape index (κ1) is 19.1. The number of benzene rings is 3. The molecule has 1 amide bonds.